The SMILES string of the molecule is C=C1CCC2[C@]3(C)COC(C)(c4ccccc4)OC3CC[C@]2(C)[C@H]1CC(Nc1ccccc1C)C1=CCOC1=O. The highest BCUT2D eigenvalue weighted by atomic mass is 16.7. The Morgan fingerprint density at radius 3 is 2.50 bits per heavy atom. The van der Waals surface area contributed by atoms with Crippen LogP contribution in [0.3, 0.4) is 0 Å². The van der Waals surface area contributed by atoms with E-state index in [2.05, 4.69) is 63.9 Å². The van der Waals surface area contributed by atoms with E-state index in [1.54, 1.807) is 0 Å². The van der Waals surface area contributed by atoms with Crippen molar-refractivity contribution in [1.82, 2.24) is 0 Å². The molecule has 1 saturated heterocycles. The summed E-state index contributed by atoms with van der Waals surface area (Å²) < 4.78 is 18.9. The molecule has 3 fully saturated rings. The summed E-state index contributed by atoms with van der Waals surface area (Å²) >= 11 is 0. The van der Waals surface area contributed by atoms with Crippen molar-refractivity contribution in [1.29, 1.82) is 0 Å². The molecule has 0 bridgehead atoms. The van der Waals surface area contributed by atoms with Gasteiger partial charge in [0.2, 0.25) is 0 Å². The number of aryl methyl sites for hydroxylation is 1. The maximum absolute atomic E-state index is 12.8. The van der Waals surface area contributed by atoms with Gasteiger partial charge in [-0.1, -0.05) is 74.5 Å². The number of allylic oxidation sites excluding steroid dienone is 1. The third-order valence-electron chi connectivity index (χ3n) is 10.7. The van der Waals surface area contributed by atoms with Gasteiger partial charge < -0.3 is 19.5 Å². The minimum absolute atomic E-state index is 0.0303. The number of anilines is 1. The summed E-state index contributed by atoms with van der Waals surface area (Å²) in [6.07, 6.45) is 7.02. The number of nitrogens with one attached hydrogen (secondary N) is 1. The minimum Gasteiger partial charge on any atom is -0.458 e. The van der Waals surface area contributed by atoms with E-state index in [0.29, 0.717) is 19.1 Å². The van der Waals surface area contributed by atoms with Crippen LogP contribution in [-0.2, 0) is 24.8 Å². The molecule has 2 aliphatic heterocycles. The van der Waals surface area contributed by atoms with E-state index >= 15 is 0 Å². The number of para-hydroxylation sites is 1. The first-order valence-corrected chi connectivity index (χ1v) is 14.9. The summed E-state index contributed by atoms with van der Waals surface area (Å²) in [7, 11) is 0. The third kappa shape index (κ3) is 4.52. The molecule has 40 heavy (non-hydrogen) atoms. The molecule has 1 N–H and O–H groups in total. The van der Waals surface area contributed by atoms with E-state index in [1.165, 1.54) is 5.57 Å². The van der Waals surface area contributed by atoms with E-state index in [-0.39, 0.29) is 34.9 Å². The van der Waals surface area contributed by atoms with Crippen molar-refractivity contribution in [3.63, 3.8) is 0 Å². The summed E-state index contributed by atoms with van der Waals surface area (Å²) in [5, 5.41) is 3.74. The van der Waals surface area contributed by atoms with Crippen LogP contribution >= 0.6 is 0 Å². The summed E-state index contributed by atoms with van der Waals surface area (Å²) in [4.78, 5) is 12.8. The second kappa shape index (κ2) is 10.2. The first kappa shape index (κ1) is 27.3. The van der Waals surface area contributed by atoms with Gasteiger partial charge in [-0.15, -0.1) is 0 Å². The molecule has 4 unspecified atom stereocenters. The Morgan fingerprint density at radius 1 is 1.02 bits per heavy atom. The third-order valence-corrected chi connectivity index (χ3v) is 10.7. The fourth-order valence-electron chi connectivity index (χ4n) is 8.36. The van der Waals surface area contributed by atoms with Crippen LogP contribution in [0.25, 0.3) is 0 Å². The van der Waals surface area contributed by atoms with Gasteiger partial charge in [0.15, 0.2) is 5.79 Å². The molecule has 0 radical (unpaired) electrons. The summed E-state index contributed by atoms with van der Waals surface area (Å²) in [5.41, 5.74) is 5.27. The molecule has 212 valence electrons. The van der Waals surface area contributed by atoms with Crippen LogP contribution in [0.4, 0.5) is 5.69 Å². The minimum atomic E-state index is -0.727. The number of benzene rings is 2. The highest BCUT2D eigenvalue weighted by Crippen LogP contribution is 2.64. The molecular formula is C35H43NO4. The Kier molecular flexibility index (Phi) is 6.95. The van der Waals surface area contributed by atoms with E-state index < -0.39 is 5.79 Å². The number of carbonyl (C=O) groups is 1. The van der Waals surface area contributed by atoms with Crippen LogP contribution in [0.5, 0.6) is 0 Å². The van der Waals surface area contributed by atoms with Gasteiger partial charge in [-0.2, -0.15) is 0 Å². The van der Waals surface area contributed by atoms with E-state index in [4.69, 9.17) is 14.2 Å². The number of ether oxygens (including phenoxy) is 3. The molecule has 2 heterocycles. The number of rotatable bonds is 6. The molecule has 2 aliphatic carbocycles. The maximum atomic E-state index is 12.8. The van der Waals surface area contributed by atoms with Crippen molar-refractivity contribution >= 4 is 11.7 Å². The lowest BCUT2D eigenvalue weighted by atomic mass is 9.45. The van der Waals surface area contributed by atoms with Gasteiger partial charge in [-0.3, -0.25) is 0 Å². The molecule has 6 rings (SSSR count). The quantitative estimate of drug-likeness (QED) is 0.307. The highest BCUT2D eigenvalue weighted by molar-refractivity contribution is 5.92. The number of carbonyl (C=O) groups excluding carboxylic acids is 1. The van der Waals surface area contributed by atoms with Crippen LogP contribution in [-0.4, -0.2) is 31.3 Å². The van der Waals surface area contributed by atoms with Gasteiger partial charge >= 0.3 is 5.97 Å². The van der Waals surface area contributed by atoms with Gasteiger partial charge in [0.1, 0.15) is 6.61 Å². The van der Waals surface area contributed by atoms with Crippen LogP contribution in [0.1, 0.15) is 64.0 Å². The Morgan fingerprint density at radius 2 is 1.77 bits per heavy atom. The van der Waals surface area contributed by atoms with E-state index in [9.17, 15) is 4.79 Å². The smallest absolute Gasteiger partial charge is 0.336 e. The van der Waals surface area contributed by atoms with Gasteiger partial charge in [0.25, 0.3) is 0 Å². The zero-order valence-corrected chi connectivity index (χ0v) is 24.4. The first-order valence-electron chi connectivity index (χ1n) is 14.9. The van der Waals surface area contributed by atoms with Crippen molar-refractivity contribution in [3.05, 3.63) is 89.5 Å². The van der Waals surface area contributed by atoms with Crippen LogP contribution < -0.4 is 5.32 Å². The van der Waals surface area contributed by atoms with Crippen molar-refractivity contribution in [3.8, 4) is 0 Å². The molecular weight excluding hydrogens is 498 g/mol. The van der Waals surface area contributed by atoms with Crippen molar-refractivity contribution in [2.24, 2.45) is 22.7 Å². The number of hydrogen-bond donors (Lipinski definition) is 1. The number of fused-ring (bicyclic) bond motifs is 3. The van der Waals surface area contributed by atoms with Crippen molar-refractivity contribution < 1.29 is 19.0 Å². The van der Waals surface area contributed by atoms with Crippen LogP contribution in [0.2, 0.25) is 0 Å². The zero-order valence-electron chi connectivity index (χ0n) is 24.4. The summed E-state index contributed by atoms with van der Waals surface area (Å²) in [6.45, 7) is 14.7. The molecule has 4 aliphatic rings. The molecule has 7 atom stereocenters. The first-order chi connectivity index (χ1) is 19.1. The Bertz CT molecular complexity index is 1320. The Balaban J connectivity index is 1.29. The molecule has 5 heteroatoms. The average Bonchev–Trinajstić information content (AvgIpc) is 3.38. The number of hydrogen-bond acceptors (Lipinski definition) is 5. The Labute approximate surface area is 239 Å². The normalized spacial score (nSPS) is 36.2. The fraction of sp³-hybridized carbons (Fsp3) is 0.514. The van der Waals surface area contributed by atoms with Crippen molar-refractivity contribution in [2.75, 3.05) is 18.5 Å². The van der Waals surface area contributed by atoms with E-state index in [0.717, 1.165) is 54.5 Å². The largest absolute Gasteiger partial charge is 0.458 e. The molecule has 2 aromatic rings. The predicted octanol–water partition coefficient (Wildman–Crippen LogP) is 7.33. The summed E-state index contributed by atoms with van der Waals surface area (Å²) in [5.74, 6) is -0.242. The second-order valence-corrected chi connectivity index (χ2v) is 13.1. The lowest BCUT2D eigenvalue weighted by Gasteiger charge is -2.64. The lowest BCUT2D eigenvalue weighted by Crippen LogP contribution is -2.63. The monoisotopic (exact) mass is 541 g/mol. The van der Waals surface area contributed by atoms with Crippen LogP contribution in [0.15, 0.2) is 78.4 Å². The van der Waals surface area contributed by atoms with Crippen LogP contribution in [0, 0.1) is 29.6 Å². The fourth-order valence-corrected chi connectivity index (χ4v) is 8.36. The van der Waals surface area contributed by atoms with Gasteiger partial charge in [-0.25, -0.2) is 4.79 Å². The number of cyclic esters (lactones) is 1. The highest BCUT2D eigenvalue weighted by Gasteiger charge is 2.62. The topological polar surface area (TPSA) is 56.8 Å². The molecule has 5 nitrogen and oxygen atoms in total. The molecule has 0 aromatic heterocycles. The predicted molar refractivity (Wildman–Crippen MR) is 158 cm³/mol. The Hall–Kier alpha value is -2.89. The van der Waals surface area contributed by atoms with E-state index in [1.807, 2.05) is 36.4 Å². The summed E-state index contributed by atoms with van der Waals surface area (Å²) in [6, 6.07) is 18.5. The molecule has 0 amide bonds. The second-order valence-electron chi connectivity index (χ2n) is 13.1. The van der Waals surface area contributed by atoms with Gasteiger partial charge in [0.05, 0.1) is 24.3 Å². The molecule has 2 saturated carbocycles. The standard InChI is InChI=1S/C35H43NO4/c1-23-15-16-30-33(3,19-17-31-34(30,4)22-39-35(5,40-31)25-12-7-6-8-13-25)27(23)21-29(26-18-20-38-32(26)37)36-28-14-10-9-11-24(28)2/h6-14,18,27,29-31,36H,1,15-17,19-22H2,2-5H3/t27-,29?,30?,31?,33+,34-,35?/m0/s1. The lowest BCUT2D eigenvalue weighted by molar-refractivity contribution is -0.359. The number of esters is 1. The molecule has 0 spiro atoms. The average molecular weight is 542 g/mol. The van der Waals surface area contributed by atoms with Gasteiger partial charge in [0, 0.05) is 16.7 Å². The van der Waals surface area contributed by atoms with Crippen molar-refractivity contribution in [2.45, 2.75) is 77.7 Å². The van der Waals surface area contributed by atoms with Gasteiger partial charge in [-0.05, 0) is 80.9 Å². The molecule has 2 aromatic carbocycles. The zero-order chi connectivity index (χ0) is 28.1. The maximum Gasteiger partial charge on any atom is 0.336 e.